The topological polar surface area (TPSA) is 69.2 Å². The summed E-state index contributed by atoms with van der Waals surface area (Å²) in [6.45, 7) is 3.68. The van der Waals surface area contributed by atoms with Gasteiger partial charge in [0, 0.05) is 12.1 Å². The molecule has 0 aliphatic heterocycles. The van der Waals surface area contributed by atoms with Crippen LogP contribution in [0, 0.1) is 29.8 Å². The van der Waals surface area contributed by atoms with Gasteiger partial charge in [-0.15, -0.1) is 0 Å². The molecule has 0 saturated carbocycles. The van der Waals surface area contributed by atoms with Gasteiger partial charge in [0.2, 0.25) is 0 Å². The van der Waals surface area contributed by atoms with Crippen molar-refractivity contribution >= 4 is 5.69 Å². The average molecular weight is 274 g/mol. The second-order valence-corrected chi connectivity index (χ2v) is 4.76. The van der Waals surface area contributed by atoms with Gasteiger partial charge in [0.25, 0.3) is 5.69 Å². The molecule has 2 aromatic rings. The maximum atomic E-state index is 12.9. The molecule has 2 rings (SSSR count). The zero-order valence-corrected chi connectivity index (χ0v) is 11.3. The number of hydrogen-bond acceptors (Lipinski definition) is 3. The van der Waals surface area contributed by atoms with E-state index in [2.05, 4.69) is 0 Å². The summed E-state index contributed by atoms with van der Waals surface area (Å²) in [5.41, 5.74) is 9.30. The van der Waals surface area contributed by atoms with Gasteiger partial charge in [0.05, 0.1) is 11.0 Å². The third-order valence-electron chi connectivity index (χ3n) is 3.47. The van der Waals surface area contributed by atoms with Gasteiger partial charge in [0.15, 0.2) is 0 Å². The van der Waals surface area contributed by atoms with Crippen molar-refractivity contribution in [1.82, 2.24) is 0 Å². The van der Waals surface area contributed by atoms with Crippen molar-refractivity contribution in [2.24, 2.45) is 5.73 Å². The van der Waals surface area contributed by atoms with Gasteiger partial charge in [-0.05, 0) is 48.2 Å². The van der Waals surface area contributed by atoms with E-state index < -0.39 is 11.0 Å². The summed E-state index contributed by atoms with van der Waals surface area (Å²) < 4.78 is 12.9. The first kappa shape index (κ1) is 14.1. The molecule has 0 aromatic heterocycles. The lowest BCUT2D eigenvalue weighted by Crippen LogP contribution is -2.14. The molecule has 2 N–H and O–H groups in total. The van der Waals surface area contributed by atoms with Gasteiger partial charge in [-0.3, -0.25) is 10.1 Å². The van der Waals surface area contributed by atoms with Gasteiger partial charge in [0.1, 0.15) is 5.82 Å². The van der Waals surface area contributed by atoms with E-state index in [1.54, 1.807) is 12.1 Å². The fraction of sp³-hybridized carbons (Fsp3) is 0.200. The van der Waals surface area contributed by atoms with Crippen LogP contribution in [0.5, 0.6) is 0 Å². The fourth-order valence-corrected chi connectivity index (χ4v) is 2.15. The van der Waals surface area contributed by atoms with E-state index in [1.807, 2.05) is 13.8 Å². The van der Waals surface area contributed by atoms with Crippen LogP contribution in [0.4, 0.5) is 10.1 Å². The Hall–Kier alpha value is -2.27. The highest BCUT2D eigenvalue weighted by atomic mass is 19.1. The first-order valence-electron chi connectivity index (χ1n) is 6.16. The first-order chi connectivity index (χ1) is 9.40. The number of benzene rings is 2. The second kappa shape index (κ2) is 5.38. The third-order valence-corrected chi connectivity index (χ3v) is 3.47. The number of rotatable bonds is 3. The Labute approximate surface area is 116 Å². The van der Waals surface area contributed by atoms with Crippen LogP contribution in [0.1, 0.15) is 28.3 Å². The van der Waals surface area contributed by atoms with Crippen molar-refractivity contribution in [2.45, 2.75) is 19.9 Å². The highest BCUT2D eigenvalue weighted by molar-refractivity contribution is 5.48. The van der Waals surface area contributed by atoms with E-state index in [0.29, 0.717) is 5.56 Å². The second-order valence-electron chi connectivity index (χ2n) is 4.76. The normalized spacial score (nSPS) is 12.2. The van der Waals surface area contributed by atoms with Crippen molar-refractivity contribution < 1.29 is 9.31 Å². The quantitative estimate of drug-likeness (QED) is 0.689. The molecule has 20 heavy (non-hydrogen) atoms. The summed E-state index contributed by atoms with van der Waals surface area (Å²) in [4.78, 5) is 10.5. The predicted molar refractivity (Wildman–Crippen MR) is 75.0 cm³/mol. The van der Waals surface area contributed by atoms with Crippen molar-refractivity contribution in [3.63, 3.8) is 0 Å². The van der Waals surface area contributed by atoms with Gasteiger partial charge < -0.3 is 5.73 Å². The van der Waals surface area contributed by atoms with Crippen LogP contribution in [0.3, 0.4) is 0 Å². The molecular weight excluding hydrogens is 259 g/mol. The Morgan fingerprint density at radius 2 is 1.80 bits per heavy atom. The number of nitro groups is 1. The van der Waals surface area contributed by atoms with Crippen LogP contribution in [-0.4, -0.2) is 4.92 Å². The molecular formula is C15H15FN2O2. The van der Waals surface area contributed by atoms with E-state index in [4.69, 9.17) is 5.73 Å². The van der Waals surface area contributed by atoms with E-state index >= 15 is 0 Å². The molecule has 0 heterocycles. The minimum Gasteiger partial charge on any atom is -0.320 e. The molecule has 1 atom stereocenters. The van der Waals surface area contributed by atoms with E-state index in [0.717, 1.165) is 16.7 Å². The van der Waals surface area contributed by atoms with Crippen molar-refractivity contribution in [1.29, 1.82) is 0 Å². The summed E-state index contributed by atoms with van der Waals surface area (Å²) in [6, 6.07) is 8.33. The summed E-state index contributed by atoms with van der Waals surface area (Å²) in [5, 5.41) is 10.9. The number of nitrogens with two attached hydrogens (primary N) is 1. The summed E-state index contributed by atoms with van der Waals surface area (Å²) in [6.07, 6.45) is 0. The molecule has 0 fully saturated rings. The van der Waals surface area contributed by atoms with Gasteiger partial charge in [-0.2, -0.15) is 0 Å². The number of nitro benzene ring substituents is 1. The monoisotopic (exact) mass is 274 g/mol. The van der Waals surface area contributed by atoms with Gasteiger partial charge >= 0.3 is 0 Å². The number of nitrogens with zero attached hydrogens (tertiary/aromatic N) is 1. The smallest absolute Gasteiger partial charge is 0.270 e. The van der Waals surface area contributed by atoms with Crippen LogP contribution in [0.25, 0.3) is 0 Å². The first-order valence-corrected chi connectivity index (χ1v) is 6.16. The summed E-state index contributed by atoms with van der Waals surface area (Å²) in [5.74, 6) is -0.340. The highest BCUT2D eigenvalue weighted by Gasteiger charge is 2.18. The van der Waals surface area contributed by atoms with Crippen molar-refractivity contribution in [2.75, 3.05) is 0 Å². The number of non-ortho nitro benzene ring substituents is 1. The Morgan fingerprint density at radius 3 is 2.35 bits per heavy atom. The molecule has 0 bridgehead atoms. The zero-order chi connectivity index (χ0) is 14.9. The Morgan fingerprint density at radius 1 is 1.20 bits per heavy atom. The third kappa shape index (κ3) is 2.67. The Kier molecular flexibility index (Phi) is 3.81. The van der Waals surface area contributed by atoms with Crippen molar-refractivity contribution in [3.05, 3.63) is 74.6 Å². The standard InChI is InChI=1S/C15H15FN2O2/c1-9-7-13(18(19)20)8-14(10(9)2)15(17)11-3-5-12(16)6-4-11/h3-8,15H,17H2,1-2H3. The summed E-state index contributed by atoms with van der Waals surface area (Å²) >= 11 is 0. The van der Waals surface area contributed by atoms with Gasteiger partial charge in [-0.1, -0.05) is 12.1 Å². The molecule has 5 heteroatoms. The van der Waals surface area contributed by atoms with Crippen LogP contribution in [0.15, 0.2) is 36.4 Å². The summed E-state index contributed by atoms with van der Waals surface area (Å²) in [7, 11) is 0. The molecule has 4 nitrogen and oxygen atoms in total. The van der Waals surface area contributed by atoms with E-state index in [1.165, 1.54) is 24.3 Å². The molecule has 104 valence electrons. The Bertz CT molecular complexity index is 654. The predicted octanol–water partition coefficient (Wildman–Crippen LogP) is 3.40. The maximum absolute atomic E-state index is 12.9. The highest BCUT2D eigenvalue weighted by Crippen LogP contribution is 2.29. The van der Waals surface area contributed by atoms with Crippen LogP contribution >= 0.6 is 0 Å². The Balaban J connectivity index is 2.50. The molecule has 0 aliphatic carbocycles. The molecule has 0 amide bonds. The number of halogens is 1. The molecule has 1 unspecified atom stereocenters. The zero-order valence-electron chi connectivity index (χ0n) is 11.3. The van der Waals surface area contributed by atoms with Gasteiger partial charge in [-0.25, -0.2) is 4.39 Å². The van der Waals surface area contributed by atoms with E-state index in [-0.39, 0.29) is 11.5 Å². The van der Waals surface area contributed by atoms with E-state index in [9.17, 15) is 14.5 Å². The minimum atomic E-state index is -0.519. The fourth-order valence-electron chi connectivity index (χ4n) is 2.15. The number of aryl methyl sites for hydroxylation is 1. The lowest BCUT2D eigenvalue weighted by atomic mass is 9.92. The lowest BCUT2D eigenvalue weighted by Gasteiger charge is -2.16. The minimum absolute atomic E-state index is 0.0145. The largest absolute Gasteiger partial charge is 0.320 e. The molecule has 2 aromatic carbocycles. The lowest BCUT2D eigenvalue weighted by molar-refractivity contribution is -0.385. The SMILES string of the molecule is Cc1cc([N+](=O)[O-])cc(C(N)c2ccc(F)cc2)c1C. The molecule has 0 aliphatic rings. The molecule has 0 spiro atoms. The molecule has 0 saturated heterocycles. The average Bonchev–Trinajstić information content (AvgIpc) is 2.41. The van der Waals surface area contributed by atoms with Crippen molar-refractivity contribution in [3.8, 4) is 0 Å². The maximum Gasteiger partial charge on any atom is 0.270 e. The van der Waals surface area contributed by atoms with Crippen LogP contribution in [-0.2, 0) is 0 Å². The molecule has 0 radical (unpaired) electrons. The number of hydrogen-bond donors (Lipinski definition) is 1. The van der Waals surface area contributed by atoms with Crippen LogP contribution in [0.2, 0.25) is 0 Å². The van der Waals surface area contributed by atoms with Crippen LogP contribution < -0.4 is 5.73 Å².